The van der Waals surface area contributed by atoms with E-state index >= 15 is 0 Å². The van der Waals surface area contributed by atoms with E-state index in [1.165, 1.54) is 24.2 Å². The number of nitrogens with zero attached hydrogens (tertiary/aromatic N) is 2. The summed E-state index contributed by atoms with van der Waals surface area (Å²) in [6, 6.07) is 0. The van der Waals surface area contributed by atoms with Crippen molar-refractivity contribution < 1.29 is 4.79 Å². The Morgan fingerprint density at radius 1 is 1.62 bits per heavy atom. The molecule has 1 aromatic rings. The van der Waals surface area contributed by atoms with Gasteiger partial charge in [-0.1, -0.05) is 11.3 Å². The number of terminal acetylenes is 1. The van der Waals surface area contributed by atoms with Gasteiger partial charge < -0.3 is 0 Å². The molecule has 1 aliphatic rings. The van der Waals surface area contributed by atoms with Crippen LogP contribution in [0.4, 0.5) is 5.13 Å². The van der Waals surface area contributed by atoms with Gasteiger partial charge in [-0.15, -0.1) is 16.6 Å². The molecule has 0 unspecified atom stereocenters. The second kappa shape index (κ2) is 3.15. The van der Waals surface area contributed by atoms with Crippen molar-refractivity contribution in [3.8, 4) is 12.3 Å². The maximum atomic E-state index is 10.8. The van der Waals surface area contributed by atoms with Crippen molar-refractivity contribution in [3.05, 3.63) is 5.01 Å². The highest BCUT2D eigenvalue weighted by Crippen LogP contribution is 2.41. The minimum absolute atomic E-state index is 0.474. The lowest BCUT2D eigenvalue weighted by molar-refractivity contribution is -0.111. The molecule has 13 heavy (non-hydrogen) atoms. The van der Waals surface area contributed by atoms with E-state index < -0.39 is 5.91 Å². The van der Waals surface area contributed by atoms with Crippen LogP contribution in [0.1, 0.15) is 23.8 Å². The monoisotopic (exact) mass is 193 g/mol. The van der Waals surface area contributed by atoms with Crippen molar-refractivity contribution in [2.45, 2.75) is 18.8 Å². The Kier molecular flexibility index (Phi) is 1.99. The molecule has 1 heterocycles. The van der Waals surface area contributed by atoms with Crippen LogP contribution in [0.5, 0.6) is 0 Å². The first kappa shape index (κ1) is 8.20. The van der Waals surface area contributed by atoms with Crippen molar-refractivity contribution in [2.75, 3.05) is 5.32 Å². The van der Waals surface area contributed by atoms with Crippen molar-refractivity contribution in [3.63, 3.8) is 0 Å². The topological polar surface area (TPSA) is 54.9 Å². The van der Waals surface area contributed by atoms with Gasteiger partial charge >= 0.3 is 5.91 Å². The zero-order valence-corrected chi connectivity index (χ0v) is 7.60. The van der Waals surface area contributed by atoms with E-state index in [1.54, 1.807) is 0 Å². The summed E-state index contributed by atoms with van der Waals surface area (Å²) in [4.78, 5) is 10.8. The fourth-order valence-electron chi connectivity index (χ4n) is 0.914. The van der Waals surface area contributed by atoms with Crippen molar-refractivity contribution in [1.82, 2.24) is 10.2 Å². The van der Waals surface area contributed by atoms with Gasteiger partial charge in [0, 0.05) is 5.92 Å². The fourth-order valence-corrected chi connectivity index (χ4v) is 1.82. The van der Waals surface area contributed by atoms with Crippen molar-refractivity contribution in [1.29, 1.82) is 0 Å². The molecule has 4 nitrogen and oxygen atoms in total. The van der Waals surface area contributed by atoms with Crippen LogP contribution in [0, 0.1) is 12.3 Å². The third-order valence-electron chi connectivity index (χ3n) is 1.72. The van der Waals surface area contributed by atoms with Gasteiger partial charge in [-0.05, 0) is 18.8 Å². The quantitative estimate of drug-likeness (QED) is 0.712. The standard InChI is InChI=1S/C8H7N3OS/c1-2-6(12)9-8-11-10-7(13-8)5-3-4-5/h1,5H,3-4H2,(H,9,11,12). The molecule has 1 aliphatic carbocycles. The number of amides is 1. The summed E-state index contributed by atoms with van der Waals surface area (Å²) in [7, 11) is 0. The molecule has 0 aromatic carbocycles. The third kappa shape index (κ3) is 1.84. The number of aromatic nitrogens is 2. The summed E-state index contributed by atoms with van der Waals surface area (Å²) in [6.45, 7) is 0. The molecule has 0 atom stereocenters. The number of rotatable bonds is 2. The zero-order valence-electron chi connectivity index (χ0n) is 6.78. The lowest BCUT2D eigenvalue weighted by atomic mass is 10.5. The van der Waals surface area contributed by atoms with Gasteiger partial charge in [0.15, 0.2) is 0 Å². The molecule has 0 spiro atoms. The van der Waals surface area contributed by atoms with Crippen LogP contribution in [-0.2, 0) is 4.79 Å². The molecule has 0 bridgehead atoms. The average molecular weight is 193 g/mol. The number of hydrogen-bond acceptors (Lipinski definition) is 4. The molecular weight excluding hydrogens is 186 g/mol. The van der Waals surface area contributed by atoms with E-state index in [0.717, 1.165) is 5.01 Å². The summed E-state index contributed by atoms with van der Waals surface area (Å²) in [5, 5.41) is 11.7. The minimum Gasteiger partial charge on any atom is -0.289 e. The predicted octanol–water partition coefficient (Wildman–Crippen LogP) is 0.987. The third-order valence-corrected chi connectivity index (χ3v) is 2.72. The highest BCUT2D eigenvalue weighted by molar-refractivity contribution is 7.15. The summed E-state index contributed by atoms with van der Waals surface area (Å²) in [5.41, 5.74) is 0. The first-order chi connectivity index (χ1) is 6.29. The van der Waals surface area contributed by atoms with Crippen LogP contribution in [0.15, 0.2) is 0 Å². The normalized spacial score (nSPS) is 15.0. The van der Waals surface area contributed by atoms with E-state index in [9.17, 15) is 4.79 Å². The molecule has 1 N–H and O–H groups in total. The molecule has 1 amide bonds. The Labute approximate surface area is 79.4 Å². The van der Waals surface area contributed by atoms with E-state index in [4.69, 9.17) is 6.42 Å². The van der Waals surface area contributed by atoms with Crippen LogP contribution in [-0.4, -0.2) is 16.1 Å². The molecule has 0 radical (unpaired) electrons. The molecule has 1 fully saturated rings. The van der Waals surface area contributed by atoms with E-state index in [0.29, 0.717) is 11.0 Å². The molecule has 0 aliphatic heterocycles. The lowest BCUT2D eigenvalue weighted by Crippen LogP contribution is -2.07. The van der Waals surface area contributed by atoms with Crippen LogP contribution in [0.2, 0.25) is 0 Å². The second-order valence-electron chi connectivity index (χ2n) is 2.82. The van der Waals surface area contributed by atoms with E-state index in [2.05, 4.69) is 15.5 Å². The summed E-state index contributed by atoms with van der Waals surface area (Å²) < 4.78 is 0. The molecular formula is C8H7N3OS. The maximum absolute atomic E-state index is 10.8. The largest absolute Gasteiger partial charge is 0.301 e. The molecule has 5 heteroatoms. The summed E-state index contributed by atoms with van der Waals surface area (Å²) >= 11 is 1.40. The number of anilines is 1. The number of carbonyl (C=O) groups is 1. The van der Waals surface area contributed by atoms with Crippen LogP contribution in [0.25, 0.3) is 0 Å². The average Bonchev–Trinajstić information content (AvgIpc) is 2.88. The Bertz CT molecular complexity index is 375. The Morgan fingerprint density at radius 3 is 3.00 bits per heavy atom. The van der Waals surface area contributed by atoms with Gasteiger partial charge in [-0.3, -0.25) is 10.1 Å². The zero-order chi connectivity index (χ0) is 9.26. The molecule has 2 rings (SSSR count). The highest BCUT2D eigenvalue weighted by Gasteiger charge is 2.27. The Hall–Kier alpha value is -1.41. The van der Waals surface area contributed by atoms with Gasteiger partial charge in [0.05, 0.1) is 0 Å². The van der Waals surface area contributed by atoms with Crippen LogP contribution >= 0.6 is 11.3 Å². The highest BCUT2D eigenvalue weighted by atomic mass is 32.1. The summed E-state index contributed by atoms with van der Waals surface area (Å²) in [5.74, 6) is 2.05. The second-order valence-corrected chi connectivity index (χ2v) is 3.83. The van der Waals surface area contributed by atoms with Crippen molar-refractivity contribution in [2.24, 2.45) is 0 Å². The lowest BCUT2D eigenvalue weighted by Gasteiger charge is -1.89. The van der Waals surface area contributed by atoms with Crippen LogP contribution in [0.3, 0.4) is 0 Å². The SMILES string of the molecule is C#CC(=O)Nc1nnc(C2CC2)s1. The summed E-state index contributed by atoms with van der Waals surface area (Å²) in [6.07, 6.45) is 7.25. The van der Waals surface area contributed by atoms with Gasteiger partial charge in [0.1, 0.15) is 5.01 Å². The van der Waals surface area contributed by atoms with E-state index in [1.807, 2.05) is 5.92 Å². The van der Waals surface area contributed by atoms with E-state index in [-0.39, 0.29) is 0 Å². The van der Waals surface area contributed by atoms with Gasteiger partial charge in [0.25, 0.3) is 0 Å². The fraction of sp³-hybridized carbons (Fsp3) is 0.375. The smallest absolute Gasteiger partial charge is 0.289 e. The molecule has 1 aromatic heterocycles. The number of nitrogens with one attached hydrogen (secondary N) is 1. The van der Waals surface area contributed by atoms with Crippen LogP contribution < -0.4 is 5.32 Å². The Balaban J connectivity index is 2.05. The Morgan fingerprint density at radius 2 is 2.38 bits per heavy atom. The molecule has 0 saturated heterocycles. The van der Waals surface area contributed by atoms with Gasteiger partial charge in [-0.25, -0.2) is 0 Å². The maximum Gasteiger partial charge on any atom is 0.301 e. The minimum atomic E-state index is -0.474. The van der Waals surface area contributed by atoms with Gasteiger partial charge in [0.2, 0.25) is 5.13 Å². The number of hydrogen-bond donors (Lipinski definition) is 1. The number of carbonyl (C=O) groups excluding carboxylic acids is 1. The molecule has 1 saturated carbocycles. The predicted molar refractivity (Wildman–Crippen MR) is 49.3 cm³/mol. The van der Waals surface area contributed by atoms with Crippen molar-refractivity contribution >= 4 is 22.4 Å². The van der Waals surface area contributed by atoms with Gasteiger partial charge in [-0.2, -0.15) is 0 Å². The first-order valence-corrected chi connectivity index (χ1v) is 4.72. The molecule has 66 valence electrons. The first-order valence-electron chi connectivity index (χ1n) is 3.90.